The summed E-state index contributed by atoms with van der Waals surface area (Å²) in [5.41, 5.74) is -0.361. The molecule has 0 aliphatic carbocycles. The van der Waals surface area contributed by atoms with Gasteiger partial charge in [0.25, 0.3) is 5.91 Å². The van der Waals surface area contributed by atoms with Gasteiger partial charge in [-0.05, 0) is 38.8 Å². The van der Waals surface area contributed by atoms with Gasteiger partial charge in [-0.2, -0.15) is 0 Å². The molecule has 2 heterocycles. The second-order valence-electron chi connectivity index (χ2n) is 6.37. The van der Waals surface area contributed by atoms with Crippen LogP contribution >= 0.6 is 0 Å². The minimum atomic E-state index is -0.688. The molecule has 0 bridgehead atoms. The average molecular weight is 373 g/mol. The van der Waals surface area contributed by atoms with E-state index in [1.54, 1.807) is 36.1 Å². The first-order valence-electron chi connectivity index (χ1n) is 9.20. The standard InChI is InChI=1S/C20H23NO6/c1-3-25-16-7-5-6-14-12-15(20(24)27-17(14)16)18(22)21-10-8-13(9-11-21)19(23)26-4-2/h5-7,12-13H,3-4,8-11H2,1-2H3. The SMILES string of the molecule is CCOC(=O)C1CCN(C(=O)c2cc3cccc(OCC)c3oc2=O)CC1. The summed E-state index contributed by atoms with van der Waals surface area (Å²) in [4.78, 5) is 38.6. The molecule has 2 aromatic rings. The van der Waals surface area contributed by atoms with E-state index in [0.29, 0.717) is 55.9 Å². The minimum absolute atomic E-state index is 0.00858. The van der Waals surface area contributed by atoms with Gasteiger partial charge in [-0.25, -0.2) is 4.79 Å². The van der Waals surface area contributed by atoms with E-state index in [4.69, 9.17) is 13.9 Å². The molecule has 0 radical (unpaired) electrons. The molecule has 0 spiro atoms. The van der Waals surface area contributed by atoms with Crippen molar-refractivity contribution in [1.29, 1.82) is 0 Å². The quantitative estimate of drug-likeness (QED) is 0.591. The third-order valence-corrected chi connectivity index (χ3v) is 4.66. The van der Waals surface area contributed by atoms with E-state index in [1.807, 2.05) is 6.92 Å². The van der Waals surface area contributed by atoms with Crippen LogP contribution in [-0.4, -0.2) is 43.1 Å². The summed E-state index contributed by atoms with van der Waals surface area (Å²) >= 11 is 0. The lowest BCUT2D eigenvalue weighted by Crippen LogP contribution is -2.42. The van der Waals surface area contributed by atoms with Crippen LogP contribution in [0.2, 0.25) is 0 Å². The van der Waals surface area contributed by atoms with Crippen LogP contribution < -0.4 is 10.4 Å². The van der Waals surface area contributed by atoms with Crippen molar-refractivity contribution in [1.82, 2.24) is 4.90 Å². The van der Waals surface area contributed by atoms with Crippen LogP contribution in [0.5, 0.6) is 5.75 Å². The van der Waals surface area contributed by atoms with Crippen molar-refractivity contribution in [3.05, 3.63) is 40.2 Å². The van der Waals surface area contributed by atoms with Crippen LogP contribution in [0.25, 0.3) is 11.0 Å². The Balaban J connectivity index is 1.79. The maximum Gasteiger partial charge on any atom is 0.349 e. The van der Waals surface area contributed by atoms with Crippen LogP contribution in [0.15, 0.2) is 33.5 Å². The average Bonchev–Trinajstić information content (AvgIpc) is 2.68. The number of hydrogen-bond acceptors (Lipinski definition) is 6. The molecule has 7 nitrogen and oxygen atoms in total. The number of fused-ring (bicyclic) bond motifs is 1. The van der Waals surface area contributed by atoms with Crippen molar-refractivity contribution in [2.45, 2.75) is 26.7 Å². The number of para-hydroxylation sites is 1. The summed E-state index contributed by atoms with van der Waals surface area (Å²) in [5.74, 6) is -0.329. The van der Waals surface area contributed by atoms with Gasteiger partial charge in [0.15, 0.2) is 11.3 Å². The first kappa shape index (κ1) is 18.9. The number of ether oxygens (including phenoxy) is 2. The second kappa shape index (κ2) is 8.24. The van der Waals surface area contributed by atoms with E-state index in [1.165, 1.54) is 0 Å². The molecule has 1 aliphatic heterocycles. The number of rotatable bonds is 5. The Labute approximate surface area is 156 Å². The first-order chi connectivity index (χ1) is 13.0. The molecule has 0 N–H and O–H groups in total. The molecule has 0 unspecified atom stereocenters. The van der Waals surface area contributed by atoms with Gasteiger partial charge >= 0.3 is 11.6 Å². The van der Waals surface area contributed by atoms with E-state index in [9.17, 15) is 14.4 Å². The molecular weight excluding hydrogens is 350 g/mol. The molecule has 1 saturated heterocycles. The number of carbonyl (C=O) groups excluding carboxylic acids is 2. The van der Waals surface area contributed by atoms with Crippen molar-refractivity contribution in [2.24, 2.45) is 5.92 Å². The molecule has 1 aliphatic rings. The minimum Gasteiger partial charge on any atom is -0.490 e. The fraction of sp³-hybridized carbons (Fsp3) is 0.450. The highest BCUT2D eigenvalue weighted by atomic mass is 16.5. The third-order valence-electron chi connectivity index (χ3n) is 4.66. The lowest BCUT2D eigenvalue weighted by molar-refractivity contribution is -0.149. The summed E-state index contributed by atoms with van der Waals surface area (Å²) in [6.45, 7) is 5.21. The zero-order valence-electron chi connectivity index (χ0n) is 15.5. The second-order valence-corrected chi connectivity index (χ2v) is 6.37. The maximum atomic E-state index is 12.8. The van der Waals surface area contributed by atoms with Crippen LogP contribution in [0.1, 0.15) is 37.0 Å². The van der Waals surface area contributed by atoms with Gasteiger partial charge in [-0.15, -0.1) is 0 Å². The van der Waals surface area contributed by atoms with Gasteiger partial charge in [-0.3, -0.25) is 9.59 Å². The number of esters is 1. The topological polar surface area (TPSA) is 86.1 Å². The molecule has 1 aromatic heterocycles. The van der Waals surface area contributed by atoms with Crippen molar-refractivity contribution in [3.63, 3.8) is 0 Å². The summed E-state index contributed by atoms with van der Waals surface area (Å²) in [6, 6.07) is 6.82. The van der Waals surface area contributed by atoms with Crippen LogP contribution in [0, 0.1) is 5.92 Å². The van der Waals surface area contributed by atoms with Gasteiger partial charge in [0.05, 0.1) is 19.1 Å². The summed E-state index contributed by atoms with van der Waals surface area (Å²) in [5, 5.41) is 0.630. The Morgan fingerprint density at radius 2 is 1.93 bits per heavy atom. The molecule has 144 valence electrons. The predicted molar refractivity (Wildman–Crippen MR) is 98.9 cm³/mol. The Morgan fingerprint density at radius 1 is 1.19 bits per heavy atom. The first-order valence-corrected chi connectivity index (χ1v) is 9.20. The van der Waals surface area contributed by atoms with Gasteiger partial charge in [0, 0.05) is 18.5 Å². The number of carbonyl (C=O) groups is 2. The van der Waals surface area contributed by atoms with Crippen molar-refractivity contribution in [3.8, 4) is 5.75 Å². The lowest BCUT2D eigenvalue weighted by Gasteiger charge is -2.30. The Bertz CT molecular complexity index is 895. The molecule has 3 rings (SSSR count). The van der Waals surface area contributed by atoms with E-state index < -0.39 is 5.63 Å². The summed E-state index contributed by atoms with van der Waals surface area (Å²) in [7, 11) is 0. The van der Waals surface area contributed by atoms with E-state index >= 15 is 0 Å². The fourth-order valence-electron chi connectivity index (χ4n) is 3.28. The number of nitrogens with zero attached hydrogens (tertiary/aromatic N) is 1. The highest BCUT2D eigenvalue weighted by Gasteiger charge is 2.30. The Morgan fingerprint density at radius 3 is 2.59 bits per heavy atom. The number of benzene rings is 1. The molecule has 0 atom stereocenters. The number of hydrogen-bond donors (Lipinski definition) is 0. The lowest BCUT2D eigenvalue weighted by atomic mass is 9.96. The zero-order chi connectivity index (χ0) is 19.4. The van der Waals surface area contributed by atoms with Crippen LogP contribution in [0.4, 0.5) is 0 Å². The number of likely N-dealkylation sites (tertiary alicyclic amines) is 1. The van der Waals surface area contributed by atoms with Gasteiger partial charge < -0.3 is 18.8 Å². The molecule has 7 heteroatoms. The van der Waals surface area contributed by atoms with E-state index in [2.05, 4.69) is 0 Å². The molecule has 0 saturated carbocycles. The maximum absolute atomic E-state index is 12.8. The molecule has 1 fully saturated rings. The summed E-state index contributed by atoms with van der Waals surface area (Å²) in [6.07, 6.45) is 1.05. The van der Waals surface area contributed by atoms with Gasteiger partial charge in [-0.1, -0.05) is 12.1 Å². The Kier molecular flexibility index (Phi) is 5.78. The van der Waals surface area contributed by atoms with E-state index in [0.717, 1.165) is 0 Å². The highest BCUT2D eigenvalue weighted by molar-refractivity contribution is 5.97. The normalized spacial score (nSPS) is 15.0. The highest BCUT2D eigenvalue weighted by Crippen LogP contribution is 2.26. The monoisotopic (exact) mass is 373 g/mol. The predicted octanol–water partition coefficient (Wildman–Crippen LogP) is 2.61. The van der Waals surface area contributed by atoms with Crippen molar-refractivity contribution < 1.29 is 23.5 Å². The largest absolute Gasteiger partial charge is 0.490 e. The third kappa shape index (κ3) is 3.97. The van der Waals surface area contributed by atoms with E-state index in [-0.39, 0.29) is 23.4 Å². The fourth-order valence-corrected chi connectivity index (χ4v) is 3.28. The number of amides is 1. The van der Waals surface area contributed by atoms with Crippen molar-refractivity contribution in [2.75, 3.05) is 26.3 Å². The molecule has 27 heavy (non-hydrogen) atoms. The number of piperidine rings is 1. The Hall–Kier alpha value is -2.83. The van der Waals surface area contributed by atoms with Crippen molar-refractivity contribution >= 4 is 22.8 Å². The smallest absolute Gasteiger partial charge is 0.349 e. The summed E-state index contributed by atoms with van der Waals surface area (Å²) < 4.78 is 15.9. The molecular formula is C20H23NO6. The van der Waals surface area contributed by atoms with Crippen LogP contribution in [-0.2, 0) is 9.53 Å². The zero-order valence-corrected chi connectivity index (χ0v) is 15.5. The van der Waals surface area contributed by atoms with Gasteiger partial charge in [0.1, 0.15) is 5.56 Å². The van der Waals surface area contributed by atoms with Gasteiger partial charge in [0.2, 0.25) is 0 Å². The molecule has 1 amide bonds. The molecule has 1 aromatic carbocycles. The van der Waals surface area contributed by atoms with Crippen LogP contribution in [0.3, 0.4) is 0 Å².